The highest BCUT2D eigenvalue weighted by molar-refractivity contribution is 7.22. The Morgan fingerprint density at radius 1 is 1.03 bits per heavy atom. The number of carbonyl (C=O) groups is 1. The van der Waals surface area contributed by atoms with E-state index in [0.29, 0.717) is 27.4 Å². The summed E-state index contributed by atoms with van der Waals surface area (Å²) < 4.78 is 12.4. The first-order valence-electron chi connectivity index (χ1n) is 10.5. The fraction of sp³-hybridized carbons (Fsp3) is 0.115. The number of thiazole rings is 1. The zero-order valence-corrected chi connectivity index (χ0v) is 18.7. The second-order valence-corrected chi connectivity index (χ2v) is 9.00. The van der Waals surface area contributed by atoms with E-state index in [2.05, 4.69) is 0 Å². The number of methoxy groups -OCH3 is 1. The van der Waals surface area contributed by atoms with Crippen molar-refractivity contribution in [3.8, 4) is 5.75 Å². The molecule has 3 heterocycles. The lowest BCUT2D eigenvalue weighted by atomic mass is 9.98. The summed E-state index contributed by atoms with van der Waals surface area (Å²) in [6, 6.07) is 19.7. The smallest absolute Gasteiger partial charge is 0.297 e. The van der Waals surface area contributed by atoms with E-state index in [0.717, 1.165) is 21.3 Å². The average Bonchev–Trinajstić information content (AvgIpc) is 3.37. The molecule has 1 aliphatic heterocycles. The number of rotatable bonds is 3. The van der Waals surface area contributed by atoms with E-state index >= 15 is 0 Å². The van der Waals surface area contributed by atoms with Crippen molar-refractivity contribution in [3.63, 3.8) is 0 Å². The number of benzene rings is 3. The van der Waals surface area contributed by atoms with Crippen LogP contribution in [0.2, 0.25) is 0 Å². The number of hydrogen-bond acceptors (Lipinski definition) is 6. The molecular weight excluding hydrogens is 436 g/mol. The van der Waals surface area contributed by atoms with Crippen LogP contribution in [0, 0.1) is 6.92 Å². The van der Waals surface area contributed by atoms with Gasteiger partial charge < -0.3 is 9.15 Å². The van der Waals surface area contributed by atoms with Crippen LogP contribution in [0.5, 0.6) is 5.75 Å². The van der Waals surface area contributed by atoms with Gasteiger partial charge in [-0.1, -0.05) is 41.7 Å². The van der Waals surface area contributed by atoms with Crippen molar-refractivity contribution < 1.29 is 13.9 Å². The SMILES string of the molecule is COc1cccc(C2c3c(oc4ccccc4c3=O)C(=O)N2c2nc3ccc(C)cc3s2)c1. The molecule has 0 bridgehead atoms. The summed E-state index contributed by atoms with van der Waals surface area (Å²) in [4.78, 5) is 33.6. The molecule has 0 saturated heterocycles. The maximum Gasteiger partial charge on any atom is 0.297 e. The average molecular weight is 455 g/mol. The van der Waals surface area contributed by atoms with E-state index in [9.17, 15) is 9.59 Å². The predicted molar refractivity (Wildman–Crippen MR) is 128 cm³/mol. The van der Waals surface area contributed by atoms with Crippen LogP contribution in [0.25, 0.3) is 21.2 Å². The summed E-state index contributed by atoms with van der Waals surface area (Å²) in [5.41, 5.74) is 3.16. The summed E-state index contributed by atoms with van der Waals surface area (Å²) >= 11 is 1.42. The normalized spacial score (nSPS) is 15.4. The highest BCUT2D eigenvalue weighted by Crippen LogP contribution is 2.44. The first kappa shape index (κ1) is 19.7. The van der Waals surface area contributed by atoms with Gasteiger partial charge in [-0.15, -0.1) is 0 Å². The number of fused-ring (bicyclic) bond motifs is 3. The lowest BCUT2D eigenvalue weighted by Crippen LogP contribution is -2.29. The maximum absolute atomic E-state index is 13.7. The number of hydrogen-bond donors (Lipinski definition) is 0. The fourth-order valence-electron chi connectivity index (χ4n) is 4.37. The van der Waals surface area contributed by atoms with Crippen LogP contribution < -0.4 is 15.1 Å². The zero-order valence-electron chi connectivity index (χ0n) is 17.9. The van der Waals surface area contributed by atoms with Crippen molar-refractivity contribution >= 4 is 43.6 Å². The van der Waals surface area contributed by atoms with Gasteiger partial charge in [-0.25, -0.2) is 4.98 Å². The Morgan fingerprint density at radius 3 is 2.73 bits per heavy atom. The Bertz CT molecular complexity index is 1640. The Labute approximate surface area is 192 Å². The molecule has 0 aliphatic carbocycles. The van der Waals surface area contributed by atoms with Gasteiger partial charge in [0.05, 0.1) is 34.3 Å². The molecule has 2 aromatic heterocycles. The molecule has 0 radical (unpaired) electrons. The molecule has 0 saturated carbocycles. The van der Waals surface area contributed by atoms with Crippen LogP contribution in [0.4, 0.5) is 5.13 Å². The molecule has 1 amide bonds. The predicted octanol–water partition coefficient (Wildman–Crippen LogP) is 5.47. The third kappa shape index (κ3) is 2.97. The lowest BCUT2D eigenvalue weighted by Gasteiger charge is -2.22. The Kier molecular flexibility index (Phi) is 4.35. The van der Waals surface area contributed by atoms with Crippen LogP contribution in [0.1, 0.15) is 33.3 Å². The highest BCUT2D eigenvalue weighted by atomic mass is 32.1. The van der Waals surface area contributed by atoms with Crippen LogP contribution in [-0.2, 0) is 0 Å². The second-order valence-electron chi connectivity index (χ2n) is 7.99. The summed E-state index contributed by atoms with van der Waals surface area (Å²) in [6.07, 6.45) is 0. The minimum Gasteiger partial charge on any atom is -0.497 e. The van der Waals surface area contributed by atoms with Gasteiger partial charge >= 0.3 is 0 Å². The molecule has 1 atom stereocenters. The van der Waals surface area contributed by atoms with E-state index in [1.165, 1.54) is 11.3 Å². The molecule has 6 rings (SSSR count). The van der Waals surface area contributed by atoms with Crippen molar-refractivity contribution in [2.45, 2.75) is 13.0 Å². The zero-order chi connectivity index (χ0) is 22.7. The molecule has 0 spiro atoms. The van der Waals surface area contributed by atoms with E-state index in [4.69, 9.17) is 14.1 Å². The summed E-state index contributed by atoms with van der Waals surface area (Å²) in [6.45, 7) is 2.02. The van der Waals surface area contributed by atoms with Gasteiger partial charge in [-0.3, -0.25) is 14.5 Å². The largest absolute Gasteiger partial charge is 0.497 e. The van der Waals surface area contributed by atoms with Crippen LogP contribution in [-0.4, -0.2) is 18.0 Å². The molecule has 6 nitrogen and oxygen atoms in total. The molecule has 1 aliphatic rings. The number of aromatic nitrogens is 1. The van der Waals surface area contributed by atoms with Crippen molar-refractivity contribution in [2.24, 2.45) is 0 Å². The number of para-hydroxylation sites is 1. The van der Waals surface area contributed by atoms with Crippen molar-refractivity contribution in [3.05, 3.63) is 99.4 Å². The quantitative estimate of drug-likeness (QED) is 0.361. The molecule has 3 aromatic carbocycles. The topological polar surface area (TPSA) is 72.6 Å². The minimum absolute atomic E-state index is 0.0574. The number of amides is 1. The third-order valence-corrected chi connectivity index (χ3v) is 6.94. The van der Waals surface area contributed by atoms with Gasteiger partial charge in [0.1, 0.15) is 11.3 Å². The molecule has 5 aromatic rings. The van der Waals surface area contributed by atoms with Gasteiger partial charge in [0, 0.05) is 0 Å². The monoisotopic (exact) mass is 454 g/mol. The number of ether oxygens (including phenoxy) is 1. The molecule has 0 fully saturated rings. The van der Waals surface area contributed by atoms with Gasteiger partial charge in [0.15, 0.2) is 10.6 Å². The van der Waals surface area contributed by atoms with Crippen LogP contribution >= 0.6 is 11.3 Å². The molecule has 1 unspecified atom stereocenters. The van der Waals surface area contributed by atoms with Crippen molar-refractivity contribution in [1.82, 2.24) is 4.98 Å². The maximum atomic E-state index is 13.7. The highest BCUT2D eigenvalue weighted by Gasteiger charge is 2.45. The molecule has 0 N–H and O–H groups in total. The number of anilines is 1. The number of carbonyl (C=O) groups excluding carboxylic acids is 1. The van der Waals surface area contributed by atoms with E-state index < -0.39 is 6.04 Å². The van der Waals surface area contributed by atoms with Gasteiger partial charge in [0.25, 0.3) is 5.91 Å². The van der Waals surface area contributed by atoms with Crippen molar-refractivity contribution in [2.75, 3.05) is 12.0 Å². The lowest BCUT2D eigenvalue weighted by molar-refractivity contribution is 0.0971. The fourth-order valence-corrected chi connectivity index (χ4v) is 5.46. The van der Waals surface area contributed by atoms with Crippen LogP contribution in [0.15, 0.2) is 75.9 Å². The first-order valence-corrected chi connectivity index (χ1v) is 11.3. The van der Waals surface area contributed by atoms with E-state index in [1.54, 1.807) is 36.3 Å². The van der Waals surface area contributed by atoms with Gasteiger partial charge in [-0.2, -0.15) is 0 Å². The van der Waals surface area contributed by atoms with Crippen molar-refractivity contribution in [1.29, 1.82) is 0 Å². The number of aryl methyl sites for hydroxylation is 1. The summed E-state index contributed by atoms with van der Waals surface area (Å²) in [5, 5.41) is 0.960. The van der Waals surface area contributed by atoms with Gasteiger partial charge in [0.2, 0.25) is 5.76 Å². The Hall–Kier alpha value is -3.97. The minimum atomic E-state index is -0.676. The molecule has 162 valence electrons. The standard InChI is InChI=1S/C26H18N2O4S/c1-14-10-11-18-20(12-14)33-26(27-18)28-22(15-6-5-7-16(13-15)31-2)21-23(29)17-8-3-4-9-19(17)32-24(21)25(28)30/h3-13,22H,1-2H3. The Balaban J connectivity index is 1.64. The molecular formula is C26H18N2O4S. The third-order valence-electron chi connectivity index (χ3n) is 5.93. The van der Waals surface area contributed by atoms with E-state index in [1.807, 2.05) is 49.4 Å². The van der Waals surface area contributed by atoms with Crippen LogP contribution in [0.3, 0.4) is 0 Å². The summed E-state index contributed by atoms with van der Waals surface area (Å²) in [5.74, 6) is 0.317. The van der Waals surface area contributed by atoms with Gasteiger partial charge in [-0.05, 0) is 54.4 Å². The molecule has 33 heavy (non-hydrogen) atoms. The first-order chi connectivity index (χ1) is 16.0. The summed E-state index contributed by atoms with van der Waals surface area (Å²) in [7, 11) is 1.59. The van der Waals surface area contributed by atoms with E-state index in [-0.39, 0.29) is 17.1 Å². The molecule has 7 heteroatoms. The second kappa shape index (κ2) is 7.28. The number of nitrogens with zero attached hydrogens (tertiary/aromatic N) is 2. The Morgan fingerprint density at radius 2 is 1.88 bits per heavy atom.